The molecule has 0 fully saturated rings. The summed E-state index contributed by atoms with van der Waals surface area (Å²) in [4.78, 5) is 9.04. The van der Waals surface area contributed by atoms with E-state index in [4.69, 9.17) is 22.3 Å². The maximum Gasteiger partial charge on any atom is 0.222 e. The Kier molecular flexibility index (Phi) is 5.76. The maximum absolute atomic E-state index is 6.22. The fraction of sp³-hybridized carbons (Fsp3) is 0.500. The molecule has 21 heavy (non-hydrogen) atoms. The number of aromatic nitrogens is 2. The highest BCUT2D eigenvalue weighted by molar-refractivity contribution is 6.31. The molecule has 0 saturated carbocycles. The molecule has 0 aromatic carbocycles. The van der Waals surface area contributed by atoms with Gasteiger partial charge in [0.2, 0.25) is 5.95 Å². The van der Waals surface area contributed by atoms with Gasteiger partial charge >= 0.3 is 0 Å². The van der Waals surface area contributed by atoms with Crippen LogP contribution in [0.5, 0.6) is 0 Å². The first-order valence-corrected chi connectivity index (χ1v) is 7.93. The Balaban J connectivity index is 2.42. The van der Waals surface area contributed by atoms with Gasteiger partial charge in [-0.2, -0.15) is 0 Å². The minimum Gasteiger partial charge on any atom is -0.354 e. The van der Waals surface area contributed by atoms with Crippen LogP contribution in [0.25, 0.3) is 0 Å². The van der Waals surface area contributed by atoms with Crippen molar-refractivity contribution in [3.05, 3.63) is 40.2 Å². The molecule has 0 amide bonds. The lowest BCUT2D eigenvalue weighted by atomic mass is 9.88. The van der Waals surface area contributed by atoms with Crippen molar-refractivity contribution >= 4 is 17.5 Å². The molecule has 0 spiro atoms. The van der Waals surface area contributed by atoms with E-state index in [2.05, 4.69) is 29.4 Å². The molecule has 0 bridgehead atoms. The van der Waals surface area contributed by atoms with Gasteiger partial charge in [0.05, 0.1) is 5.69 Å². The van der Waals surface area contributed by atoms with E-state index in [1.165, 1.54) is 5.57 Å². The predicted octanol–water partition coefficient (Wildman–Crippen LogP) is 3.70. The number of hydrogen-bond donors (Lipinski definition) is 2. The van der Waals surface area contributed by atoms with Crippen LogP contribution < -0.4 is 11.1 Å². The van der Waals surface area contributed by atoms with Crippen LogP contribution in [-0.2, 0) is 6.54 Å². The Labute approximate surface area is 131 Å². The molecule has 5 heteroatoms. The first kappa shape index (κ1) is 16.0. The van der Waals surface area contributed by atoms with E-state index in [-0.39, 0.29) is 5.92 Å². The summed E-state index contributed by atoms with van der Waals surface area (Å²) in [5.41, 5.74) is 9.24. The monoisotopic (exact) mass is 306 g/mol. The molecule has 0 radical (unpaired) electrons. The van der Waals surface area contributed by atoms with Gasteiger partial charge in [-0.1, -0.05) is 30.2 Å². The zero-order valence-corrected chi connectivity index (χ0v) is 13.5. The van der Waals surface area contributed by atoms with Crippen molar-refractivity contribution in [1.29, 1.82) is 0 Å². The van der Waals surface area contributed by atoms with Gasteiger partial charge in [-0.25, -0.2) is 9.97 Å². The molecule has 0 saturated heterocycles. The quantitative estimate of drug-likeness (QED) is 0.870. The topological polar surface area (TPSA) is 63.8 Å². The second kappa shape index (κ2) is 7.57. The zero-order chi connectivity index (χ0) is 15.2. The van der Waals surface area contributed by atoms with Crippen molar-refractivity contribution < 1.29 is 0 Å². The predicted molar refractivity (Wildman–Crippen MR) is 88.4 cm³/mol. The van der Waals surface area contributed by atoms with Gasteiger partial charge < -0.3 is 11.1 Å². The molecule has 1 aliphatic carbocycles. The lowest BCUT2D eigenvalue weighted by Gasteiger charge is -2.21. The third-order valence-electron chi connectivity index (χ3n) is 3.76. The highest BCUT2D eigenvalue weighted by Crippen LogP contribution is 2.36. The van der Waals surface area contributed by atoms with Gasteiger partial charge in [0.1, 0.15) is 0 Å². The van der Waals surface area contributed by atoms with Crippen LogP contribution in [0.2, 0.25) is 0 Å². The molecule has 114 valence electrons. The Morgan fingerprint density at radius 2 is 2.24 bits per heavy atom. The van der Waals surface area contributed by atoms with Gasteiger partial charge in [-0.05, 0) is 32.3 Å². The number of hydrogen-bond acceptors (Lipinski definition) is 4. The summed E-state index contributed by atoms with van der Waals surface area (Å²) in [6.45, 7) is 5.45. The number of anilines is 1. The number of nitrogens with zero attached hydrogens (tertiary/aromatic N) is 2. The van der Waals surface area contributed by atoms with E-state index < -0.39 is 0 Å². The van der Waals surface area contributed by atoms with Crippen molar-refractivity contribution in [2.45, 2.75) is 45.6 Å². The first-order chi connectivity index (χ1) is 10.2. The highest BCUT2D eigenvalue weighted by atomic mass is 35.5. The molecule has 3 N–H and O–H groups in total. The van der Waals surface area contributed by atoms with Crippen LogP contribution in [0, 0.1) is 0 Å². The number of halogens is 1. The normalized spacial score (nSPS) is 18.8. The molecular weight excluding hydrogens is 284 g/mol. The van der Waals surface area contributed by atoms with Crippen LogP contribution in [0.4, 0.5) is 5.95 Å². The Bertz CT molecular complexity index is 551. The average molecular weight is 307 g/mol. The smallest absolute Gasteiger partial charge is 0.222 e. The minimum atomic E-state index is 0.265. The summed E-state index contributed by atoms with van der Waals surface area (Å²) in [5, 5.41) is 4.00. The van der Waals surface area contributed by atoms with Crippen molar-refractivity contribution in [2.75, 3.05) is 11.9 Å². The zero-order valence-electron chi connectivity index (χ0n) is 12.7. The Hall–Kier alpha value is -1.39. The summed E-state index contributed by atoms with van der Waals surface area (Å²) in [5.74, 6) is 0.935. The van der Waals surface area contributed by atoms with Crippen LogP contribution in [0.1, 0.15) is 50.3 Å². The SMILES string of the molecule is CCNc1ncc(CN)c(C2CCC=C(Cl)C=C2CC)n1. The van der Waals surface area contributed by atoms with E-state index in [1.54, 1.807) is 0 Å². The third-order valence-corrected chi connectivity index (χ3v) is 4.02. The van der Waals surface area contributed by atoms with Gasteiger partial charge in [-0.15, -0.1) is 0 Å². The lowest BCUT2D eigenvalue weighted by Crippen LogP contribution is -2.14. The fourth-order valence-corrected chi connectivity index (χ4v) is 2.94. The van der Waals surface area contributed by atoms with E-state index in [0.717, 1.165) is 42.1 Å². The van der Waals surface area contributed by atoms with Crippen LogP contribution >= 0.6 is 11.6 Å². The Morgan fingerprint density at radius 1 is 1.43 bits per heavy atom. The van der Waals surface area contributed by atoms with E-state index in [0.29, 0.717) is 12.5 Å². The van der Waals surface area contributed by atoms with E-state index in [1.807, 2.05) is 13.1 Å². The van der Waals surface area contributed by atoms with Gasteiger partial charge in [0.15, 0.2) is 0 Å². The molecule has 1 aromatic rings. The van der Waals surface area contributed by atoms with Crippen molar-refractivity contribution in [2.24, 2.45) is 5.73 Å². The second-order valence-corrected chi connectivity index (χ2v) is 5.57. The molecular formula is C16H23ClN4. The molecule has 1 heterocycles. The number of nitrogens with two attached hydrogens (primary N) is 1. The van der Waals surface area contributed by atoms with Crippen molar-refractivity contribution in [1.82, 2.24) is 9.97 Å². The maximum atomic E-state index is 6.22. The summed E-state index contributed by atoms with van der Waals surface area (Å²) in [6.07, 6.45) is 8.91. The number of rotatable bonds is 5. The van der Waals surface area contributed by atoms with Crippen molar-refractivity contribution in [3.8, 4) is 0 Å². The standard InChI is InChI=1S/C16H23ClN4/c1-3-11-8-13(17)6-5-7-14(11)15-12(9-18)10-20-16(21-15)19-4-2/h6,8,10,14H,3-5,7,9,18H2,1-2H3,(H,19,20,21). The third kappa shape index (κ3) is 3.83. The van der Waals surface area contributed by atoms with Crippen LogP contribution in [0.15, 0.2) is 29.0 Å². The van der Waals surface area contributed by atoms with Gasteiger partial charge in [0, 0.05) is 35.8 Å². The fourth-order valence-electron chi connectivity index (χ4n) is 2.69. The summed E-state index contributed by atoms with van der Waals surface area (Å²) in [6, 6.07) is 0. The molecule has 1 aliphatic rings. The molecule has 1 aromatic heterocycles. The molecule has 2 rings (SSSR count). The van der Waals surface area contributed by atoms with E-state index in [9.17, 15) is 0 Å². The molecule has 4 nitrogen and oxygen atoms in total. The van der Waals surface area contributed by atoms with Crippen LogP contribution in [-0.4, -0.2) is 16.5 Å². The summed E-state index contributed by atoms with van der Waals surface area (Å²) in [7, 11) is 0. The molecule has 1 atom stereocenters. The molecule has 1 unspecified atom stereocenters. The minimum absolute atomic E-state index is 0.265. The van der Waals surface area contributed by atoms with Crippen molar-refractivity contribution in [3.63, 3.8) is 0 Å². The average Bonchev–Trinajstić information content (AvgIpc) is 2.68. The summed E-state index contributed by atoms with van der Waals surface area (Å²) >= 11 is 6.22. The molecule has 0 aliphatic heterocycles. The first-order valence-electron chi connectivity index (χ1n) is 7.55. The Morgan fingerprint density at radius 3 is 2.90 bits per heavy atom. The second-order valence-electron chi connectivity index (χ2n) is 5.13. The largest absolute Gasteiger partial charge is 0.354 e. The highest BCUT2D eigenvalue weighted by Gasteiger charge is 2.22. The lowest BCUT2D eigenvalue weighted by molar-refractivity contribution is 0.666. The van der Waals surface area contributed by atoms with Crippen LogP contribution in [0.3, 0.4) is 0 Å². The van der Waals surface area contributed by atoms with Gasteiger partial charge in [0.25, 0.3) is 0 Å². The van der Waals surface area contributed by atoms with Gasteiger partial charge in [-0.3, -0.25) is 0 Å². The number of allylic oxidation sites excluding steroid dienone is 4. The van der Waals surface area contributed by atoms with E-state index >= 15 is 0 Å². The number of nitrogens with one attached hydrogen (secondary N) is 1. The summed E-state index contributed by atoms with van der Waals surface area (Å²) < 4.78 is 0.